The van der Waals surface area contributed by atoms with E-state index >= 15 is 0 Å². The van der Waals surface area contributed by atoms with E-state index in [2.05, 4.69) is 5.32 Å². The standard InChI is InChI=1S/C12H15Cl2NO2.H2/c1-4-17-11(16)12(2,3)15-8-5-6-9(13)10(14)7-8;/h5-7,15H,4H2,1-3H3;1H. The Kier molecular flexibility index (Phi) is 4.66. The van der Waals surface area contributed by atoms with Gasteiger partial charge in [-0.15, -0.1) is 0 Å². The molecule has 96 valence electrons. The van der Waals surface area contributed by atoms with Crippen LogP contribution in [0.5, 0.6) is 0 Å². The normalized spacial score (nSPS) is 11.1. The van der Waals surface area contributed by atoms with Crippen LogP contribution in [0.15, 0.2) is 18.2 Å². The molecule has 0 aromatic heterocycles. The molecule has 0 amide bonds. The van der Waals surface area contributed by atoms with Gasteiger partial charge in [-0.25, -0.2) is 4.79 Å². The average Bonchev–Trinajstić information content (AvgIpc) is 2.23. The van der Waals surface area contributed by atoms with Gasteiger partial charge in [0.2, 0.25) is 0 Å². The molecule has 3 nitrogen and oxygen atoms in total. The van der Waals surface area contributed by atoms with Gasteiger partial charge in [0.25, 0.3) is 0 Å². The molecule has 1 aromatic rings. The number of halogens is 2. The molecule has 1 N–H and O–H groups in total. The highest BCUT2D eigenvalue weighted by molar-refractivity contribution is 6.42. The van der Waals surface area contributed by atoms with Gasteiger partial charge >= 0.3 is 5.97 Å². The Morgan fingerprint density at radius 3 is 2.59 bits per heavy atom. The molecule has 5 heteroatoms. The largest absolute Gasteiger partial charge is 0.464 e. The van der Waals surface area contributed by atoms with Crippen molar-refractivity contribution >= 4 is 34.9 Å². The predicted molar refractivity (Wildman–Crippen MR) is 72.9 cm³/mol. The first-order valence-electron chi connectivity index (χ1n) is 5.27. The maximum Gasteiger partial charge on any atom is 0.331 e. The van der Waals surface area contributed by atoms with Gasteiger partial charge in [0.15, 0.2) is 0 Å². The summed E-state index contributed by atoms with van der Waals surface area (Å²) in [5.74, 6) is -0.314. The fourth-order valence-corrected chi connectivity index (χ4v) is 1.60. The number of hydrogen-bond donors (Lipinski definition) is 1. The summed E-state index contributed by atoms with van der Waals surface area (Å²) in [6.07, 6.45) is 0. The number of nitrogens with one attached hydrogen (secondary N) is 1. The summed E-state index contributed by atoms with van der Waals surface area (Å²) in [5.41, 5.74) is -0.0925. The van der Waals surface area contributed by atoms with Crippen molar-refractivity contribution in [3.63, 3.8) is 0 Å². The van der Waals surface area contributed by atoms with E-state index in [4.69, 9.17) is 27.9 Å². The van der Waals surface area contributed by atoms with E-state index in [1.807, 2.05) is 0 Å². The minimum atomic E-state index is -0.812. The SMILES string of the molecule is CCOC(=O)C(C)(C)Nc1ccc(Cl)c(Cl)c1.[HH]. The molecule has 0 unspecified atom stereocenters. The summed E-state index contributed by atoms with van der Waals surface area (Å²) in [7, 11) is 0. The molecule has 0 bridgehead atoms. The third-order valence-electron chi connectivity index (χ3n) is 2.16. The van der Waals surface area contributed by atoms with Crippen molar-refractivity contribution in [3.8, 4) is 0 Å². The van der Waals surface area contributed by atoms with E-state index in [0.29, 0.717) is 16.7 Å². The minimum Gasteiger partial charge on any atom is -0.464 e. The van der Waals surface area contributed by atoms with Crippen LogP contribution in [-0.2, 0) is 9.53 Å². The zero-order valence-electron chi connectivity index (χ0n) is 10.0. The second-order valence-electron chi connectivity index (χ2n) is 4.10. The Morgan fingerprint density at radius 1 is 1.41 bits per heavy atom. The molecule has 0 heterocycles. The summed E-state index contributed by atoms with van der Waals surface area (Å²) >= 11 is 11.7. The van der Waals surface area contributed by atoms with Crippen molar-refractivity contribution in [2.45, 2.75) is 26.3 Å². The number of ether oxygens (including phenoxy) is 1. The lowest BCUT2D eigenvalue weighted by Gasteiger charge is -2.25. The molecule has 17 heavy (non-hydrogen) atoms. The van der Waals surface area contributed by atoms with Crippen LogP contribution in [0.25, 0.3) is 0 Å². The summed E-state index contributed by atoms with van der Waals surface area (Å²) in [5, 5.41) is 3.97. The lowest BCUT2D eigenvalue weighted by atomic mass is 10.1. The fourth-order valence-electron chi connectivity index (χ4n) is 1.30. The van der Waals surface area contributed by atoms with E-state index in [9.17, 15) is 4.79 Å². The maximum absolute atomic E-state index is 11.7. The van der Waals surface area contributed by atoms with Gasteiger partial charge < -0.3 is 10.1 Å². The van der Waals surface area contributed by atoms with E-state index in [-0.39, 0.29) is 7.40 Å². The molecule has 0 saturated heterocycles. The first-order valence-corrected chi connectivity index (χ1v) is 6.03. The van der Waals surface area contributed by atoms with E-state index < -0.39 is 5.54 Å². The number of esters is 1. The Morgan fingerprint density at radius 2 is 2.06 bits per heavy atom. The number of rotatable bonds is 4. The molecular formula is C12H17Cl2NO2. The molecule has 0 saturated carbocycles. The van der Waals surface area contributed by atoms with Gasteiger partial charge in [-0.3, -0.25) is 0 Å². The lowest BCUT2D eigenvalue weighted by Crippen LogP contribution is -2.41. The van der Waals surface area contributed by atoms with Crippen LogP contribution < -0.4 is 5.32 Å². The van der Waals surface area contributed by atoms with E-state index in [0.717, 1.165) is 5.69 Å². The van der Waals surface area contributed by atoms with Crippen molar-refractivity contribution in [1.82, 2.24) is 0 Å². The topological polar surface area (TPSA) is 38.3 Å². The second kappa shape index (κ2) is 5.61. The van der Waals surface area contributed by atoms with Gasteiger partial charge in [0, 0.05) is 7.11 Å². The number of carbonyl (C=O) groups excluding carboxylic acids is 1. The average molecular weight is 278 g/mol. The van der Waals surface area contributed by atoms with Crippen LogP contribution in [0.3, 0.4) is 0 Å². The molecule has 0 fully saturated rings. The van der Waals surface area contributed by atoms with E-state index in [1.54, 1.807) is 39.0 Å². The van der Waals surface area contributed by atoms with E-state index in [1.165, 1.54) is 0 Å². The summed E-state index contributed by atoms with van der Waals surface area (Å²) in [6.45, 7) is 5.61. The van der Waals surface area contributed by atoms with Gasteiger partial charge in [-0.05, 0) is 39.0 Å². The van der Waals surface area contributed by atoms with Gasteiger partial charge in [-0.2, -0.15) is 0 Å². The lowest BCUT2D eigenvalue weighted by molar-refractivity contribution is -0.147. The van der Waals surface area contributed by atoms with Crippen LogP contribution in [0.2, 0.25) is 10.0 Å². The highest BCUT2D eigenvalue weighted by Crippen LogP contribution is 2.26. The fraction of sp³-hybridized carbons (Fsp3) is 0.417. The number of benzene rings is 1. The molecule has 1 rings (SSSR count). The first-order chi connectivity index (χ1) is 7.86. The Balaban J connectivity index is 0.00000289. The van der Waals surface area contributed by atoms with Gasteiger partial charge in [0.05, 0.1) is 16.7 Å². The van der Waals surface area contributed by atoms with Crippen molar-refractivity contribution in [3.05, 3.63) is 28.2 Å². The Hall–Kier alpha value is -0.930. The molecule has 0 aliphatic carbocycles. The molecular weight excluding hydrogens is 261 g/mol. The Bertz CT molecular complexity index is 425. The summed E-state index contributed by atoms with van der Waals surface area (Å²) < 4.78 is 4.97. The third-order valence-corrected chi connectivity index (χ3v) is 2.90. The highest BCUT2D eigenvalue weighted by Gasteiger charge is 2.28. The molecule has 0 aliphatic rings. The van der Waals surface area contributed by atoms with Crippen molar-refractivity contribution in [1.29, 1.82) is 0 Å². The monoisotopic (exact) mass is 277 g/mol. The smallest absolute Gasteiger partial charge is 0.331 e. The van der Waals surface area contributed by atoms with Crippen LogP contribution in [0.1, 0.15) is 22.2 Å². The second-order valence-corrected chi connectivity index (χ2v) is 4.91. The number of hydrogen-bond acceptors (Lipinski definition) is 3. The van der Waals surface area contributed by atoms with Crippen LogP contribution >= 0.6 is 23.2 Å². The van der Waals surface area contributed by atoms with Crippen molar-refractivity contribution in [2.24, 2.45) is 0 Å². The molecule has 1 aromatic carbocycles. The zero-order valence-corrected chi connectivity index (χ0v) is 11.5. The Labute approximate surface area is 113 Å². The molecule has 0 atom stereocenters. The van der Waals surface area contributed by atoms with Crippen molar-refractivity contribution < 1.29 is 11.0 Å². The number of anilines is 1. The van der Waals surface area contributed by atoms with Crippen molar-refractivity contribution in [2.75, 3.05) is 11.9 Å². The van der Waals surface area contributed by atoms with Gasteiger partial charge in [0.1, 0.15) is 5.54 Å². The quantitative estimate of drug-likeness (QED) is 0.846. The van der Waals surface area contributed by atoms with Gasteiger partial charge in [-0.1, -0.05) is 23.2 Å². The minimum absolute atomic E-state index is 0. The van der Waals surface area contributed by atoms with Crippen LogP contribution in [-0.4, -0.2) is 18.1 Å². The molecule has 0 spiro atoms. The van der Waals surface area contributed by atoms with Crippen LogP contribution in [0, 0.1) is 0 Å². The molecule has 0 aliphatic heterocycles. The molecule has 0 radical (unpaired) electrons. The number of carbonyl (C=O) groups is 1. The summed E-state index contributed by atoms with van der Waals surface area (Å²) in [4.78, 5) is 11.7. The third kappa shape index (κ3) is 3.79. The highest BCUT2D eigenvalue weighted by atomic mass is 35.5. The maximum atomic E-state index is 11.7. The summed E-state index contributed by atoms with van der Waals surface area (Å²) in [6, 6.07) is 5.10. The predicted octanol–water partition coefficient (Wildman–Crippen LogP) is 3.99. The first kappa shape index (κ1) is 14.1. The van der Waals surface area contributed by atoms with Crippen LogP contribution in [0.4, 0.5) is 5.69 Å². The zero-order chi connectivity index (χ0) is 13.1.